The Morgan fingerprint density at radius 2 is 1.83 bits per heavy atom. The molecule has 0 aliphatic heterocycles. The van der Waals surface area contributed by atoms with Gasteiger partial charge in [0.05, 0.1) is 11.0 Å². The van der Waals surface area contributed by atoms with Gasteiger partial charge in [0.2, 0.25) is 5.91 Å². The zero-order chi connectivity index (χ0) is 17.6. The van der Waals surface area contributed by atoms with Crippen molar-refractivity contribution in [2.24, 2.45) is 14.1 Å². The van der Waals surface area contributed by atoms with Crippen molar-refractivity contribution in [1.82, 2.24) is 19.1 Å². The van der Waals surface area contributed by atoms with E-state index in [1.165, 1.54) is 11.6 Å². The van der Waals surface area contributed by atoms with Gasteiger partial charge in [-0.25, -0.2) is 14.8 Å². The number of nitrogens with zero attached hydrogens (tertiary/aromatic N) is 4. The Bertz CT molecular complexity index is 1110. The number of rotatable bonds is 2. The van der Waals surface area contributed by atoms with Crippen LogP contribution in [0.2, 0.25) is 0 Å². The highest BCUT2D eigenvalue weighted by molar-refractivity contribution is 5.96. The Morgan fingerprint density at radius 3 is 2.50 bits per heavy atom. The largest absolute Gasteiger partial charge is 0.332 e. The highest BCUT2D eigenvalue weighted by Gasteiger charge is 2.15. The van der Waals surface area contributed by atoms with E-state index in [9.17, 15) is 14.4 Å². The van der Waals surface area contributed by atoms with Gasteiger partial charge in [0.15, 0.2) is 11.2 Å². The molecule has 1 N–H and O–H groups in total. The molecule has 8 heteroatoms. The number of fused-ring (bicyclic) bond motifs is 2. The molecular formula is C16H17N5O3. The summed E-state index contributed by atoms with van der Waals surface area (Å²) in [5.41, 5.74) is 1.85. The summed E-state index contributed by atoms with van der Waals surface area (Å²) in [6.45, 7) is 3.58. The number of benzene rings is 1. The van der Waals surface area contributed by atoms with E-state index in [4.69, 9.17) is 0 Å². The van der Waals surface area contributed by atoms with Crippen molar-refractivity contribution in [2.75, 3.05) is 5.32 Å². The molecule has 124 valence electrons. The lowest BCUT2D eigenvalue weighted by atomic mass is 10.1. The first-order chi connectivity index (χ1) is 11.3. The average Bonchev–Trinajstić information content (AvgIpc) is 2.59. The van der Waals surface area contributed by atoms with E-state index in [0.717, 1.165) is 10.1 Å². The summed E-state index contributed by atoms with van der Waals surface area (Å²) >= 11 is 0. The van der Waals surface area contributed by atoms with Gasteiger partial charge < -0.3 is 5.32 Å². The van der Waals surface area contributed by atoms with Crippen molar-refractivity contribution in [2.45, 2.75) is 20.3 Å². The summed E-state index contributed by atoms with van der Waals surface area (Å²) in [6.07, 6.45) is 0.366. The molecule has 0 fully saturated rings. The van der Waals surface area contributed by atoms with Crippen molar-refractivity contribution in [1.29, 1.82) is 0 Å². The van der Waals surface area contributed by atoms with Crippen LogP contribution in [0.5, 0.6) is 0 Å². The predicted molar refractivity (Wildman–Crippen MR) is 91.2 cm³/mol. The molecule has 0 saturated carbocycles. The summed E-state index contributed by atoms with van der Waals surface area (Å²) in [6, 6.07) is 3.43. The van der Waals surface area contributed by atoms with Crippen LogP contribution in [0.15, 0.2) is 21.7 Å². The lowest BCUT2D eigenvalue weighted by molar-refractivity contribution is -0.115. The van der Waals surface area contributed by atoms with E-state index in [1.807, 2.05) is 6.92 Å². The van der Waals surface area contributed by atoms with Crippen LogP contribution in [-0.2, 0) is 18.9 Å². The molecule has 1 amide bonds. The highest BCUT2D eigenvalue weighted by atomic mass is 16.2. The molecule has 0 saturated heterocycles. The van der Waals surface area contributed by atoms with E-state index in [2.05, 4.69) is 15.3 Å². The maximum Gasteiger partial charge on any atom is 0.332 e. The number of carbonyl (C=O) groups is 1. The quantitative estimate of drug-likeness (QED) is 0.703. The zero-order valence-electron chi connectivity index (χ0n) is 13.9. The number of hydrogen-bond acceptors (Lipinski definition) is 5. The molecule has 0 spiro atoms. The molecule has 24 heavy (non-hydrogen) atoms. The van der Waals surface area contributed by atoms with Crippen LogP contribution in [0.3, 0.4) is 0 Å². The lowest BCUT2D eigenvalue weighted by Gasteiger charge is -2.11. The molecule has 0 unspecified atom stereocenters. The summed E-state index contributed by atoms with van der Waals surface area (Å²) < 4.78 is 2.30. The third kappa shape index (κ3) is 2.27. The van der Waals surface area contributed by atoms with E-state index < -0.39 is 11.2 Å². The van der Waals surface area contributed by atoms with Crippen LogP contribution >= 0.6 is 0 Å². The first-order valence-electron chi connectivity index (χ1n) is 7.52. The van der Waals surface area contributed by atoms with Gasteiger partial charge in [0, 0.05) is 31.8 Å². The monoisotopic (exact) mass is 327 g/mol. The number of anilines is 1. The molecule has 0 bridgehead atoms. The summed E-state index contributed by atoms with van der Waals surface area (Å²) in [4.78, 5) is 44.8. The van der Waals surface area contributed by atoms with Crippen LogP contribution in [0.4, 0.5) is 5.69 Å². The van der Waals surface area contributed by atoms with Crippen molar-refractivity contribution in [3.05, 3.63) is 38.5 Å². The number of nitrogens with one attached hydrogen (secondary N) is 1. The van der Waals surface area contributed by atoms with Crippen LogP contribution in [0.25, 0.3) is 22.2 Å². The fourth-order valence-corrected chi connectivity index (χ4v) is 2.56. The minimum atomic E-state index is -0.483. The van der Waals surface area contributed by atoms with Crippen molar-refractivity contribution in [3.63, 3.8) is 0 Å². The van der Waals surface area contributed by atoms with Crippen LogP contribution in [0, 0.1) is 6.92 Å². The molecule has 0 radical (unpaired) electrons. The third-order valence-corrected chi connectivity index (χ3v) is 4.07. The molecule has 2 aromatic heterocycles. The van der Waals surface area contributed by atoms with Gasteiger partial charge in [-0.3, -0.25) is 18.7 Å². The van der Waals surface area contributed by atoms with Crippen LogP contribution in [-0.4, -0.2) is 25.0 Å². The fourth-order valence-electron chi connectivity index (χ4n) is 2.56. The number of aryl methyl sites for hydroxylation is 2. The minimum Gasteiger partial charge on any atom is -0.326 e. The second-order valence-electron chi connectivity index (χ2n) is 5.61. The van der Waals surface area contributed by atoms with E-state index in [-0.39, 0.29) is 17.1 Å². The van der Waals surface area contributed by atoms with E-state index in [0.29, 0.717) is 23.1 Å². The molecule has 0 aliphatic carbocycles. The lowest BCUT2D eigenvalue weighted by Crippen LogP contribution is -2.37. The fraction of sp³-hybridized carbons (Fsp3) is 0.312. The predicted octanol–water partition coefficient (Wildman–Crippen LogP) is 0.837. The number of aromatic nitrogens is 4. The molecule has 3 aromatic rings. The van der Waals surface area contributed by atoms with Gasteiger partial charge in [-0.05, 0) is 19.1 Å². The van der Waals surface area contributed by atoms with Gasteiger partial charge >= 0.3 is 5.69 Å². The first kappa shape index (κ1) is 15.9. The Kier molecular flexibility index (Phi) is 3.67. The standard InChI is InChI=1S/C16H17N5O3/c1-5-11(22)17-9-6-7-10-12(8(9)2)19-14-13(18-10)15(23)21(4)16(24)20(14)3/h6-7H,5H2,1-4H3,(H,17,22). The van der Waals surface area contributed by atoms with Crippen molar-refractivity contribution < 1.29 is 4.79 Å². The normalized spacial score (nSPS) is 11.2. The van der Waals surface area contributed by atoms with E-state index in [1.54, 1.807) is 26.1 Å². The Balaban J connectivity index is 2.38. The van der Waals surface area contributed by atoms with Crippen LogP contribution < -0.4 is 16.6 Å². The first-order valence-corrected chi connectivity index (χ1v) is 7.52. The topological polar surface area (TPSA) is 98.9 Å². The van der Waals surface area contributed by atoms with Crippen molar-refractivity contribution in [3.8, 4) is 0 Å². The second kappa shape index (κ2) is 5.55. The maximum atomic E-state index is 12.3. The smallest absolute Gasteiger partial charge is 0.326 e. The molecule has 2 heterocycles. The van der Waals surface area contributed by atoms with Gasteiger partial charge in [-0.15, -0.1) is 0 Å². The summed E-state index contributed by atoms with van der Waals surface area (Å²) in [5, 5.41) is 2.81. The van der Waals surface area contributed by atoms with Crippen LogP contribution in [0.1, 0.15) is 18.9 Å². The average molecular weight is 327 g/mol. The zero-order valence-corrected chi connectivity index (χ0v) is 13.9. The van der Waals surface area contributed by atoms with E-state index >= 15 is 0 Å². The summed E-state index contributed by atoms with van der Waals surface area (Å²) in [5.74, 6) is -0.104. The van der Waals surface area contributed by atoms with Gasteiger partial charge in [-0.2, -0.15) is 0 Å². The number of carbonyl (C=O) groups excluding carboxylic acids is 1. The Hall–Kier alpha value is -3.03. The SMILES string of the molecule is CCC(=O)Nc1ccc2nc3c(=O)n(C)c(=O)n(C)c3nc2c1C. The highest BCUT2D eigenvalue weighted by Crippen LogP contribution is 2.24. The molecule has 1 aromatic carbocycles. The number of amides is 1. The maximum absolute atomic E-state index is 12.3. The molecule has 0 aliphatic rings. The molecular weight excluding hydrogens is 310 g/mol. The Morgan fingerprint density at radius 1 is 1.12 bits per heavy atom. The number of hydrogen-bond donors (Lipinski definition) is 1. The van der Waals surface area contributed by atoms with Gasteiger partial charge in [-0.1, -0.05) is 6.92 Å². The van der Waals surface area contributed by atoms with Gasteiger partial charge in [0.25, 0.3) is 5.56 Å². The van der Waals surface area contributed by atoms with Gasteiger partial charge in [0.1, 0.15) is 0 Å². The Labute approximate surface area is 136 Å². The second-order valence-corrected chi connectivity index (χ2v) is 5.61. The minimum absolute atomic E-state index is 0.104. The molecule has 8 nitrogen and oxygen atoms in total. The summed E-state index contributed by atoms with van der Waals surface area (Å²) in [7, 11) is 2.95. The van der Waals surface area contributed by atoms with Crippen molar-refractivity contribution >= 4 is 33.8 Å². The molecule has 0 atom stereocenters. The molecule has 3 rings (SSSR count). The third-order valence-electron chi connectivity index (χ3n) is 4.07.